The molecule has 0 aromatic carbocycles. The standard InChI is InChI=1S/C19H18N4O3/c20-7-14-4-5-17(22-8-14)26-13-19-11-23(9-15(19)10-25-12-19)18(24)16-3-1-2-6-21-16/h1-6,8,15H,9-13H2/t15-,19+/m1/s1. The maximum Gasteiger partial charge on any atom is 0.272 e. The van der Waals surface area contributed by atoms with Crippen LogP contribution in [0.1, 0.15) is 16.1 Å². The van der Waals surface area contributed by atoms with Gasteiger partial charge in [0.05, 0.1) is 30.8 Å². The van der Waals surface area contributed by atoms with E-state index in [0.29, 0.717) is 50.0 Å². The lowest BCUT2D eigenvalue weighted by Crippen LogP contribution is -2.38. The minimum absolute atomic E-state index is 0.0594. The fourth-order valence-corrected chi connectivity index (χ4v) is 3.59. The van der Waals surface area contributed by atoms with Crippen LogP contribution in [0.4, 0.5) is 0 Å². The summed E-state index contributed by atoms with van der Waals surface area (Å²) in [6.45, 7) is 2.81. The lowest BCUT2D eigenvalue weighted by molar-refractivity contribution is 0.0651. The third kappa shape index (κ3) is 3.00. The summed E-state index contributed by atoms with van der Waals surface area (Å²) >= 11 is 0. The SMILES string of the molecule is N#Cc1ccc(OC[C@]23COC[C@H]2CN(C(=O)c2ccccn2)C3)nc1. The topological polar surface area (TPSA) is 88.3 Å². The number of rotatable bonds is 4. The molecular formula is C19H18N4O3. The Balaban J connectivity index is 1.46. The van der Waals surface area contributed by atoms with Crippen molar-refractivity contribution in [3.8, 4) is 11.9 Å². The predicted molar refractivity (Wildman–Crippen MR) is 91.3 cm³/mol. The number of nitriles is 1. The van der Waals surface area contributed by atoms with E-state index in [1.807, 2.05) is 17.0 Å². The summed E-state index contributed by atoms with van der Waals surface area (Å²) in [6.07, 6.45) is 3.11. The molecule has 7 nitrogen and oxygen atoms in total. The van der Waals surface area contributed by atoms with Crippen LogP contribution in [0.3, 0.4) is 0 Å². The Kier molecular flexibility index (Phi) is 4.27. The molecule has 0 radical (unpaired) electrons. The number of ether oxygens (including phenoxy) is 2. The summed E-state index contributed by atoms with van der Waals surface area (Å²) in [6, 6.07) is 10.7. The first-order chi connectivity index (χ1) is 12.7. The maximum absolute atomic E-state index is 12.7. The van der Waals surface area contributed by atoms with Crippen LogP contribution in [-0.2, 0) is 4.74 Å². The number of carbonyl (C=O) groups excluding carboxylic acids is 1. The highest BCUT2D eigenvalue weighted by Gasteiger charge is 2.52. The Morgan fingerprint density at radius 3 is 3.04 bits per heavy atom. The van der Waals surface area contributed by atoms with Gasteiger partial charge < -0.3 is 14.4 Å². The molecular weight excluding hydrogens is 332 g/mol. The average Bonchev–Trinajstić information content (AvgIpc) is 3.24. The molecule has 0 spiro atoms. The van der Waals surface area contributed by atoms with Crippen molar-refractivity contribution in [2.24, 2.45) is 11.3 Å². The largest absolute Gasteiger partial charge is 0.477 e. The smallest absolute Gasteiger partial charge is 0.272 e. The van der Waals surface area contributed by atoms with Crippen LogP contribution < -0.4 is 4.74 Å². The number of nitrogens with zero attached hydrogens (tertiary/aromatic N) is 4. The van der Waals surface area contributed by atoms with Crippen molar-refractivity contribution in [3.05, 3.63) is 54.0 Å². The van der Waals surface area contributed by atoms with Crippen molar-refractivity contribution < 1.29 is 14.3 Å². The third-order valence-electron chi connectivity index (χ3n) is 5.07. The van der Waals surface area contributed by atoms with Crippen molar-refractivity contribution in [1.82, 2.24) is 14.9 Å². The molecule has 0 aliphatic carbocycles. The molecule has 0 unspecified atom stereocenters. The molecule has 0 saturated carbocycles. The minimum Gasteiger partial charge on any atom is -0.477 e. The van der Waals surface area contributed by atoms with Gasteiger partial charge in [0.15, 0.2) is 0 Å². The number of fused-ring (bicyclic) bond motifs is 1. The van der Waals surface area contributed by atoms with Gasteiger partial charge >= 0.3 is 0 Å². The Morgan fingerprint density at radius 2 is 2.31 bits per heavy atom. The van der Waals surface area contributed by atoms with E-state index >= 15 is 0 Å². The van der Waals surface area contributed by atoms with E-state index in [0.717, 1.165) is 0 Å². The molecule has 4 heterocycles. The van der Waals surface area contributed by atoms with Crippen LogP contribution in [0.5, 0.6) is 5.88 Å². The highest BCUT2D eigenvalue weighted by atomic mass is 16.5. The number of hydrogen-bond donors (Lipinski definition) is 0. The van der Waals surface area contributed by atoms with Gasteiger partial charge in [0, 0.05) is 37.5 Å². The normalized spacial score (nSPS) is 24.1. The monoisotopic (exact) mass is 350 g/mol. The van der Waals surface area contributed by atoms with Crippen LogP contribution >= 0.6 is 0 Å². The molecule has 2 aromatic rings. The van der Waals surface area contributed by atoms with Crippen LogP contribution in [0.2, 0.25) is 0 Å². The van der Waals surface area contributed by atoms with Crippen molar-refractivity contribution >= 4 is 5.91 Å². The van der Waals surface area contributed by atoms with E-state index in [4.69, 9.17) is 14.7 Å². The van der Waals surface area contributed by atoms with E-state index in [2.05, 4.69) is 9.97 Å². The minimum atomic E-state index is -0.236. The van der Waals surface area contributed by atoms with Crippen molar-refractivity contribution in [2.75, 3.05) is 32.9 Å². The highest BCUT2D eigenvalue weighted by molar-refractivity contribution is 5.92. The second-order valence-corrected chi connectivity index (χ2v) is 6.76. The van der Waals surface area contributed by atoms with Gasteiger partial charge in [0.2, 0.25) is 5.88 Å². The van der Waals surface area contributed by atoms with Gasteiger partial charge in [0.25, 0.3) is 5.91 Å². The first-order valence-electron chi connectivity index (χ1n) is 8.47. The van der Waals surface area contributed by atoms with Gasteiger partial charge in [-0.1, -0.05) is 6.07 Å². The van der Waals surface area contributed by atoms with Gasteiger partial charge in [-0.3, -0.25) is 9.78 Å². The summed E-state index contributed by atoms with van der Waals surface area (Å²) in [5, 5.41) is 8.84. The van der Waals surface area contributed by atoms with Crippen LogP contribution in [0.25, 0.3) is 0 Å². The molecule has 0 N–H and O–H groups in total. The summed E-state index contributed by atoms with van der Waals surface area (Å²) in [7, 11) is 0. The molecule has 2 atom stereocenters. The molecule has 1 amide bonds. The summed E-state index contributed by atoms with van der Waals surface area (Å²) in [5.74, 6) is 0.642. The second-order valence-electron chi connectivity index (χ2n) is 6.76. The van der Waals surface area contributed by atoms with Crippen molar-refractivity contribution in [3.63, 3.8) is 0 Å². The fourth-order valence-electron chi connectivity index (χ4n) is 3.59. The van der Waals surface area contributed by atoms with Crippen LogP contribution in [-0.4, -0.2) is 53.7 Å². The summed E-state index contributed by atoms with van der Waals surface area (Å²) in [5.41, 5.74) is 0.712. The maximum atomic E-state index is 12.7. The van der Waals surface area contributed by atoms with Crippen LogP contribution in [0, 0.1) is 22.7 Å². The van der Waals surface area contributed by atoms with E-state index < -0.39 is 0 Å². The van der Waals surface area contributed by atoms with Gasteiger partial charge in [0.1, 0.15) is 11.8 Å². The lowest BCUT2D eigenvalue weighted by atomic mass is 9.82. The molecule has 2 saturated heterocycles. The average molecular weight is 350 g/mol. The first-order valence-corrected chi connectivity index (χ1v) is 8.47. The third-order valence-corrected chi connectivity index (χ3v) is 5.07. The van der Waals surface area contributed by atoms with Crippen LogP contribution in [0.15, 0.2) is 42.7 Å². The second kappa shape index (κ2) is 6.73. The Hall–Kier alpha value is -2.98. The van der Waals surface area contributed by atoms with E-state index in [1.165, 1.54) is 6.20 Å². The number of aromatic nitrogens is 2. The predicted octanol–water partition coefficient (Wildman–Crippen LogP) is 1.52. The first kappa shape index (κ1) is 16.5. The summed E-state index contributed by atoms with van der Waals surface area (Å²) < 4.78 is 11.6. The number of carbonyl (C=O) groups is 1. The molecule has 2 aliphatic heterocycles. The molecule has 2 fully saturated rings. The zero-order valence-corrected chi connectivity index (χ0v) is 14.2. The highest BCUT2D eigenvalue weighted by Crippen LogP contribution is 2.42. The van der Waals surface area contributed by atoms with Crippen molar-refractivity contribution in [1.29, 1.82) is 5.26 Å². The molecule has 2 aliphatic rings. The van der Waals surface area contributed by atoms with Gasteiger partial charge in [-0.25, -0.2) is 4.98 Å². The Bertz CT molecular complexity index is 834. The molecule has 132 valence electrons. The fraction of sp³-hybridized carbons (Fsp3) is 0.368. The quantitative estimate of drug-likeness (QED) is 0.831. The summed E-state index contributed by atoms with van der Waals surface area (Å²) in [4.78, 5) is 22.8. The van der Waals surface area contributed by atoms with E-state index in [1.54, 1.807) is 30.5 Å². The van der Waals surface area contributed by atoms with Crippen molar-refractivity contribution in [2.45, 2.75) is 0 Å². The zero-order valence-electron chi connectivity index (χ0n) is 14.2. The number of likely N-dealkylation sites (tertiary alicyclic amines) is 1. The van der Waals surface area contributed by atoms with Gasteiger partial charge in [-0.2, -0.15) is 5.26 Å². The zero-order chi connectivity index (χ0) is 18.0. The Morgan fingerprint density at radius 1 is 1.38 bits per heavy atom. The number of pyridine rings is 2. The number of hydrogen-bond acceptors (Lipinski definition) is 6. The van der Waals surface area contributed by atoms with E-state index in [9.17, 15) is 4.79 Å². The molecule has 7 heteroatoms. The Labute approximate surface area is 151 Å². The number of amides is 1. The molecule has 0 bridgehead atoms. The molecule has 26 heavy (non-hydrogen) atoms. The molecule has 4 rings (SSSR count). The van der Waals surface area contributed by atoms with E-state index in [-0.39, 0.29) is 17.2 Å². The van der Waals surface area contributed by atoms with Gasteiger partial charge in [-0.05, 0) is 18.2 Å². The lowest BCUT2D eigenvalue weighted by Gasteiger charge is -2.26. The van der Waals surface area contributed by atoms with Gasteiger partial charge in [-0.15, -0.1) is 0 Å². The molecule has 2 aromatic heterocycles.